The average molecular weight is 905 g/mol. The van der Waals surface area contributed by atoms with Crippen molar-refractivity contribution in [2.24, 2.45) is 11.3 Å². The van der Waals surface area contributed by atoms with Crippen molar-refractivity contribution in [2.45, 2.75) is 98.0 Å². The summed E-state index contributed by atoms with van der Waals surface area (Å²) in [5.74, 6) is -2.11. The summed E-state index contributed by atoms with van der Waals surface area (Å²) in [6.45, 7) is 13.1. The fraction of sp³-hybridized carbons (Fsp3) is 0.556. The first kappa shape index (κ1) is 46.1. The second-order valence-electron chi connectivity index (χ2n) is 18.0. The Hall–Kier alpha value is -4.91. The van der Waals surface area contributed by atoms with Crippen LogP contribution in [0.4, 0.5) is 4.79 Å². The number of thiazole rings is 1. The number of aromatic nitrogens is 3. The SMILES string of the molecule is CCn1c(-c2cccnc2[C@H](C)OC)c2c3cc(ccc31)-c1csc(n1)C[C@H](NC(=O)C(C(C)C)N(C)C(=O)N1CCS(=O)(=O)CC1)C(=O)N1CCC[C@H](N1)C(=O)OCC(C)(C)C2. The van der Waals surface area contributed by atoms with E-state index in [4.69, 9.17) is 19.4 Å². The van der Waals surface area contributed by atoms with Gasteiger partial charge >= 0.3 is 12.0 Å². The van der Waals surface area contributed by atoms with Crippen LogP contribution in [0.15, 0.2) is 41.9 Å². The van der Waals surface area contributed by atoms with Crippen LogP contribution in [-0.2, 0) is 53.1 Å². The van der Waals surface area contributed by atoms with Gasteiger partial charge in [-0.25, -0.2) is 23.6 Å². The summed E-state index contributed by atoms with van der Waals surface area (Å²) >= 11 is 1.39. The first-order valence-electron chi connectivity index (χ1n) is 21.8. The van der Waals surface area contributed by atoms with Crippen molar-refractivity contribution in [1.29, 1.82) is 0 Å². The number of methoxy groups -OCH3 is 1. The molecule has 6 bridgehead atoms. The Bertz CT molecular complexity index is 2470. The van der Waals surface area contributed by atoms with E-state index in [-0.39, 0.29) is 49.6 Å². The first-order chi connectivity index (χ1) is 29.9. The van der Waals surface area contributed by atoms with Crippen LogP contribution in [0.3, 0.4) is 0 Å². The van der Waals surface area contributed by atoms with Crippen LogP contribution in [0.1, 0.15) is 76.8 Å². The summed E-state index contributed by atoms with van der Waals surface area (Å²) < 4.78 is 38.4. The molecular weight excluding hydrogens is 845 g/mol. The number of esters is 1. The van der Waals surface area contributed by atoms with Gasteiger partial charge < -0.3 is 29.2 Å². The molecule has 0 saturated carbocycles. The van der Waals surface area contributed by atoms with E-state index in [1.54, 1.807) is 13.3 Å². The quantitative estimate of drug-likeness (QED) is 0.227. The zero-order chi connectivity index (χ0) is 45.4. The van der Waals surface area contributed by atoms with Gasteiger partial charge in [-0.15, -0.1) is 11.3 Å². The van der Waals surface area contributed by atoms with Crippen molar-refractivity contribution in [1.82, 2.24) is 40.1 Å². The Morgan fingerprint density at radius 2 is 1.87 bits per heavy atom. The predicted molar refractivity (Wildman–Crippen MR) is 241 cm³/mol. The van der Waals surface area contributed by atoms with Crippen LogP contribution in [0.5, 0.6) is 0 Å². The lowest BCUT2D eigenvalue weighted by Crippen LogP contribution is -2.62. The number of pyridine rings is 1. The number of hydrogen-bond donors (Lipinski definition) is 2. The van der Waals surface area contributed by atoms with Crippen molar-refractivity contribution in [3.8, 4) is 22.5 Å². The fourth-order valence-electron chi connectivity index (χ4n) is 8.99. The molecule has 1 aromatic carbocycles. The number of benzene rings is 1. The molecule has 16 nitrogen and oxygen atoms in total. The van der Waals surface area contributed by atoms with Crippen LogP contribution in [0.2, 0.25) is 0 Å². The molecule has 1 unspecified atom stereocenters. The van der Waals surface area contributed by atoms with Gasteiger partial charge in [-0.3, -0.25) is 24.4 Å². The number of amides is 4. The second-order valence-corrected chi connectivity index (χ2v) is 21.2. The first-order valence-corrected chi connectivity index (χ1v) is 24.5. The lowest BCUT2D eigenvalue weighted by molar-refractivity contribution is -0.155. The highest BCUT2D eigenvalue weighted by atomic mass is 32.2. The van der Waals surface area contributed by atoms with Crippen molar-refractivity contribution in [3.63, 3.8) is 0 Å². The standard InChI is InChI=1S/C45H60N8O8S2/c1-9-52-36-15-14-29-22-31(36)32(40(52)30-12-10-16-46-38(30)28(4)60-8)24-45(5,6)26-61-43(56)33-13-11-17-53(49-33)42(55)34(23-37-47-35(29)25-62-37)48-41(54)39(27(2)3)50(7)44(57)51-18-20-63(58,59)21-19-51/h10,12,14-16,22,25,27-28,33-34,39,49H,9,11,13,17-21,23-24,26H2,1-8H3,(H,48,54)/t28-,33-,34-,39?/m0/s1. The van der Waals surface area contributed by atoms with Gasteiger partial charge in [-0.1, -0.05) is 33.8 Å². The number of nitrogens with one attached hydrogen (secondary N) is 2. The molecule has 6 heterocycles. The number of ether oxygens (including phenoxy) is 2. The maximum absolute atomic E-state index is 14.5. The van der Waals surface area contributed by atoms with Crippen molar-refractivity contribution >= 4 is 55.9 Å². The molecule has 3 aromatic heterocycles. The number of carbonyl (C=O) groups excluding carboxylic acids is 4. The van der Waals surface area contributed by atoms with Gasteiger partial charge in [0.2, 0.25) is 5.91 Å². The number of rotatable bonds is 8. The van der Waals surface area contributed by atoms with Gasteiger partial charge in [0.15, 0.2) is 9.84 Å². The summed E-state index contributed by atoms with van der Waals surface area (Å²) in [6, 6.07) is 6.99. The van der Waals surface area contributed by atoms with E-state index in [1.807, 2.05) is 38.3 Å². The van der Waals surface area contributed by atoms with Crippen LogP contribution in [-0.4, -0.2) is 132 Å². The predicted octanol–water partition coefficient (Wildman–Crippen LogP) is 5.01. The largest absolute Gasteiger partial charge is 0.464 e. The third-order valence-corrected chi connectivity index (χ3v) is 14.9. The molecule has 18 heteroatoms. The molecule has 4 atom stereocenters. The normalized spacial score (nSPS) is 21.4. The van der Waals surface area contributed by atoms with Crippen LogP contribution in [0.25, 0.3) is 33.4 Å². The Morgan fingerprint density at radius 3 is 2.57 bits per heavy atom. The Kier molecular flexibility index (Phi) is 13.7. The minimum absolute atomic E-state index is 0.0338. The number of fused-ring (bicyclic) bond motifs is 6. The van der Waals surface area contributed by atoms with Gasteiger partial charge in [-0.2, -0.15) is 0 Å². The summed E-state index contributed by atoms with van der Waals surface area (Å²) in [7, 11) is -0.0367. The third-order valence-electron chi connectivity index (χ3n) is 12.4. The minimum atomic E-state index is -3.24. The number of likely N-dealkylation sites (N-methyl/N-ethyl adjacent to an activating group) is 1. The Balaban J connectivity index is 1.28. The molecule has 2 saturated heterocycles. The molecular formula is C45H60N8O8S2. The molecule has 3 aliphatic rings. The van der Waals surface area contributed by atoms with E-state index in [0.717, 1.165) is 44.7 Å². The molecule has 340 valence electrons. The highest BCUT2D eigenvalue weighted by molar-refractivity contribution is 7.91. The Labute approximate surface area is 373 Å². The van der Waals surface area contributed by atoms with Crippen molar-refractivity contribution in [3.05, 3.63) is 58.2 Å². The topological polar surface area (TPSA) is 185 Å². The van der Waals surface area contributed by atoms with Gasteiger partial charge in [-0.05, 0) is 68.9 Å². The van der Waals surface area contributed by atoms with Gasteiger partial charge in [0.05, 0.1) is 46.3 Å². The summed E-state index contributed by atoms with van der Waals surface area (Å²) in [5, 5.41) is 7.96. The number of hydrogen-bond acceptors (Lipinski definition) is 12. The maximum atomic E-state index is 14.5. The van der Waals surface area contributed by atoms with E-state index in [0.29, 0.717) is 37.4 Å². The smallest absolute Gasteiger partial charge is 0.324 e. The number of sulfone groups is 1. The highest BCUT2D eigenvalue weighted by Crippen LogP contribution is 2.42. The number of carbonyl (C=O) groups is 4. The maximum Gasteiger partial charge on any atom is 0.324 e. The second kappa shape index (κ2) is 18.7. The zero-order valence-corrected chi connectivity index (χ0v) is 39.1. The van der Waals surface area contributed by atoms with Crippen molar-refractivity contribution in [2.75, 3.05) is 51.9 Å². The summed E-state index contributed by atoms with van der Waals surface area (Å²) in [6.07, 6.45) is 3.11. The number of hydrazine groups is 1. The lowest BCUT2D eigenvalue weighted by atomic mass is 9.84. The van der Waals surface area contributed by atoms with E-state index in [1.165, 1.54) is 33.2 Å². The van der Waals surface area contributed by atoms with E-state index in [9.17, 15) is 27.6 Å². The molecule has 0 radical (unpaired) electrons. The fourth-order valence-corrected chi connectivity index (χ4v) is 11.0. The number of cyclic esters (lactones) is 1. The molecule has 4 amide bonds. The molecule has 2 N–H and O–H groups in total. The van der Waals surface area contributed by atoms with E-state index in [2.05, 4.69) is 54.3 Å². The van der Waals surface area contributed by atoms with Gasteiger partial charge in [0, 0.05) is 85.8 Å². The van der Waals surface area contributed by atoms with Crippen LogP contribution < -0.4 is 10.7 Å². The molecule has 0 aliphatic carbocycles. The lowest BCUT2D eigenvalue weighted by Gasteiger charge is -2.38. The Morgan fingerprint density at radius 1 is 1.13 bits per heavy atom. The minimum Gasteiger partial charge on any atom is -0.464 e. The number of aryl methyl sites for hydroxylation is 1. The van der Waals surface area contributed by atoms with Gasteiger partial charge in [0.1, 0.15) is 18.1 Å². The van der Waals surface area contributed by atoms with E-state index >= 15 is 0 Å². The molecule has 2 fully saturated rings. The number of urea groups is 1. The van der Waals surface area contributed by atoms with E-state index < -0.39 is 57.2 Å². The molecule has 63 heavy (non-hydrogen) atoms. The monoisotopic (exact) mass is 904 g/mol. The highest BCUT2D eigenvalue weighted by Gasteiger charge is 2.39. The third kappa shape index (κ3) is 9.78. The molecule has 7 rings (SSSR count). The zero-order valence-electron chi connectivity index (χ0n) is 37.5. The summed E-state index contributed by atoms with van der Waals surface area (Å²) in [5.41, 5.74) is 9.15. The summed E-state index contributed by atoms with van der Waals surface area (Å²) in [4.78, 5) is 69.0. The van der Waals surface area contributed by atoms with Crippen molar-refractivity contribution < 1.29 is 37.1 Å². The number of nitrogens with zero attached hydrogens (tertiary/aromatic N) is 6. The molecule has 3 aliphatic heterocycles. The molecule has 0 spiro atoms. The average Bonchev–Trinajstić information content (AvgIpc) is 3.85. The van der Waals surface area contributed by atoms with Gasteiger partial charge in [0.25, 0.3) is 5.91 Å². The van der Waals surface area contributed by atoms with Crippen LogP contribution >= 0.6 is 11.3 Å². The molecule has 4 aromatic rings. The van der Waals surface area contributed by atoms with Crippen LogP contribution in [0, 0.1) is 11.3 Å².